The minimum Gasteiger partial charge on any atom is -0.355 e. The summed E-state index contributed by atoms with van der Waals surface area (Å²) in [6.07, 6.45) is 2.64. The number of aromatic nitrogens is 2. The second-order valence-electron chi connectivity index (χ2n) is 3.39. The number of rotatable bonds is 7. The first-order valence-electron chi connectivity index (χ1n) is 5.72. The summed E-state index contributed by atoms with van der Waals surface area (Å²) in [6, 6.07) is 1.80. The van der Waals surface area contributed by atoms with Crippen molar-refractivity contribution in [3.8, 4) is 0 Å². The normalized spacial score (nSPS) is 10.0. The maximum Gasteiger partial charge on any atom is 0.230 e. The van der Waals surface area contributed by atoms with Crippen LogP contribution in [-0.4, -0.2) is 34.7 Å². The Labute approximate surface area is 106 Å². The van der Waals surface area contributed by atoms with Gasteiger partial charge >= 0.3 is 0 Å². The molecule has 1 rings (SSSR count). The summed E-state index contributed by atoms with van der Waals surface area (Å²) in [6.45, 7) is 5.53. The van der Waals surface area contributed by atoms with E-state index in [9.17, 15) is 4.79 Å². The van der Waals surface area contributed by atoms with Crippen molar-refractivity contribution in [2.45, 2.75) is 25.3 Å². The van der Waals surface area contributed by atoms with Gasteiger partial charge in [-0.1, -0.05) is 18.7 Å². The van der Waals surface area contributed by atoms with Gasteiger partial charge in [0.15, 0.2) is 0 Å². The van der Waals surface area contributed by atoms with E-state index in [0.717, 1.165) is 24.5 Å². The number of hydrogen-bond donors (Lipinski definition) is 2. The predicted molar refractivity (Wildman–Crippen MR) is 70.2 cm³/mol. The SMILES string of the molecule is CCCNC(=O)CSc1ccnc(NCC)n1. The van der Waals surface area contributed by atoms with Crippen LogP contribution in [0.2, 0.25) is 0 Å². The van der Waals surface area contributed by atoms with Crippen LogP contribution in [0.25, 0.3) is 0 Å². The molecule has 1 heterocycles. The van der Waals surface area contributed by atoms with Crippen LogP contribution in [0.5, 0.6) is 0 Å². The lowest BCUT2D eigenvalue weighted by atomic mass is 10.5. The molecule has 0 aliphatic rings. The summed E-state index contributed by atoms with van der Waals surface area (Å²) < 4.78 is 0. The molecule has 1 aromatic heterocycles. The van der Waals surface area contributed by atoms with Crippen LogP contribution in [0.4, 0.5) is 5.95 Å². The molecule has 0 saturated heterocycles. The van der Waals surface area contributed by atoms with Crippen LogP contribution in [0, 0.1) is 0 Å². The molecule has 2 N–H and O–H groups in total. The number of thioether (sulfide) groups is 1. The van der Waals surface area contributed by atoms with Crippen LogP contribution >= 0.6 is 11.8 Å². The zero-order chi connectivity index (χ0) is 12.5. The van der Waals surface area contributed by atoms with Crippen LogP contribution in [0.3, 0.4) is 0 Å². The van der Waals surface area contributed by atoms with E-state index in [2.05, 4.69) is 20.6 Å². The summed E-state index contributed by atoms with van der Waals surface area (Å²) in [5, 5.41) is 6.67. The summed E-state index contributed by atoms with van der Waals surface area (Å²) in [4.78, 5) is 19.7. The van der Waals surface area contributed by atoms with Gasteiger partial charge in [-0.05, 0) is 19.4 Å². The smallest absolute Gasteiger partial charge is 0.230 e. The third-order valence-electron chi connectivity index (χ3n) is 1.89. The van der Waals surface area contributed by atoms with Gasteiger partial charge < -0.3 is 10.6 Å². The van der Waals surface area contributed by atoms with Crippen molar-refractivity contribution in [2.24, 2.45) is 0 Å². The Balaban J connectivity index is 2.40. The average Bonchev–Trinajstić information content (AvgIpc) is 2.35. The zero-order valence-electron chi connectivity index (χ0n) is 10.2. The lowest BCUT2D eigenvalue weighted by Crippen LogP contribution is -2.25. The molecule has 1 amide bonds. The van der Waals surface area contributed by atoms with E-state index in [1.165, 1.54) is 11.8 Å². The van der Waals surface area contributed by atoms with E-state index in [-0.39, 0.29) is 5.91 Å². The highest BCUT2D eigenvalue weighted by atomic mass is 32.2. The summed E-state index contributed by atoms with van der Waals surface area (Å²) >= 11 is 1.42. The number of anilines is 1. The molecule has 17 heavy (non-hydrogen) atoms. The fourth-order valence-electron chi connectivity index (χ4n) is 1.12. The monoisotopic (exact) mass is 254 g/mol. The van der Waals surface area contributed by atoms with E-state index in [1.807, 2.05) is 13.8 Å². The summed E-state index contributed by atoms with van der Waals surface area (Å²) in [5.41, 5.74) is 0. The molecule has 1 aromatic rings. The first kappa shape index (κ1) is 13.8. The highest BCUT2D eigenvalue weighted by Crippen LogP contribution is 2.15. The summed E-state index contributed by atoms with van der Waals surface area (Å²) in [5.74, 6) is 1.04. The molecule has 0 saturated carbocycles. The van der Waals surface area contributed by atoms with Crippen LogP contribution in [0.1, 0.15) is 20.3 Å². The van der Waals surface area contributed by atoms with Gasteiger partial charge in [-0.15, -0.1) is 0 Å². The Hall–Kier alpha value is -1.30. The number of hydrogen-bond acceptors (Lipinski definition) is 5. The molecule has 0 aliphatic carbocycles. The molecule has 94 valence electrons. The maximum atomic E-state index is 11.4. The van der Waals surface area contributed by atoms with Gasteiger partial charge in [0.05, 0.1) is 5.75 Å². The Morgan fingerprint density at radius 2 is 2.29 bits per heavy atom. The minimum atomic E-state index is 0.0421. The van der Waals surface area contributed by atoms with Crippen LogP contribution < -0.4 is 10.6 Å². The molecular formula is C11H18N4OS. The molecular weight excluding hydrogens is 236 g/mol. The molecule has 0 atom stereocenters. The average molecular weight is 254 g/mol. The summed E-state index contributed by atoms with van der Waals surface area (Å²) in [7, 11) is 0. The lowest BCUT2D eigenvalue weighted by Gasteiger charge is -2.04. The third-order valence-corrected chi connectivity index (χ3v) is 2.82. The van der Waals surface area contributed by atoms with Gasteiger partial charge in [-0.25, -0.2) is 9.97 Å². The Morgan fingerprint density at radius 3 is 3.00 bits per heavy atom. The number of carbonyl (C=O) groups excluding carboxylic acids is 1. The first-order chi connectivity index (χ1) is 8.26. The standard InChI is InChI=1S/C11H18N4OS/c1-3-6-13-9(16)8-17-10-5-7-14-11(15-10)12-4-2/h5,7H,3-4,6,8H2,1-2H3,(H,13,16)(H,12,14,15). The zero-order valence-corrected chi connectivity index (χ0v) is 11.0. The van der Waals surface area contributed by atoms with Crippen molar-refractivity contribution in [1.82, 2.24) is 15.3 Å². The fraction of sp³-hybridized carbons (Fsp3) is 0.545. The molecule has 0 aliphatic heterocycles. The highest BCUT2D eigenvalue weighted by molar-refractivity contribution is 7.99. The molecule has 0 fully saturated rings. The van der Waals surface area contributed by atoms with Gasteiger partial charge in [-0.3, -0.25) is 4.79 Å². The topological polar surface area (TPSA) is 66.9 Å². The molecule has 5 nitrogen and oxygen atoms in total. The van der Waals surface area contributed by atoms with E-state index in [4.69, 9.17) is 0 Å². The van der Waals surface area contributed by atoms with E-state index in [1.54, 1.807) is 12.3 Å². The van der Waals surface area contributed by atoms with E-state index >= 15 is 0 Å². The Kier molecular flexibility index (Phi) is 6.39. The molecule has 0 unspecified atom stereocenters. The van der Waals surface area contributed by atoms with Crippen molar-refractivity contribution >= 4 is 23.6 Å². The molecule has 0 bridgehead atoms. The minimum absolute atomic E-state index is 0.0421. The van der Waals surface area contributed by atoms with E-state index in [0.29, 0.717) is 11.7 Å². The van der Waals surface area contributed by atoms with Gasteiger partial charge in [0.25, 0.3) is 0 Å². The van der Waals surface area contributed by atoms with Crippen molar-refractivity contribution in [1.29, 1.82) is 0 Å². The Bertz CT molecular complexity index is 359. The van der Waals surface area contributed by atoms with Gasteiger partial charge in [0, 0.05) is 19.3 Å². The lowest BCUT2D eigenvalue weighted by molar-refractivity contribution is -0.118. The molecule has 0 spiro atoms. The van der Waals surface area contributed by atoms with Crippen molar-refractivity contribution in [2.75, 3.05) is 24.2 Å². The van der Waals surface area contributed by atoms with Crippen molar-refractivity contribution in [3.63, 3.8) is 0 Å². The number of carbonyl (C=O) groups is 1. The molecule has 6 heteroatoms. The quantitative estimate of drug-likeness (QED) is 0.570. The molecule has 0 radical (unpaired) electrons. The largest absolute Gasteiger partial charge is 0.355 e. The maximum absolute atomic E-state index is 11.4. The van der Waals surface area contributed by atoms with Crippen molar-refractivity contribution < 1.29 is 4.79 Å². The van der Waals surface area contributed by atoms with Crippen molar-refractivity contribution in [3.05, 3.63) is 12.3 Å². The fourth-order valence-corrected chi connectivity index (χ4v) is 1.81. The van der Waals surface area contributed by atoms with Crippen LogP contribution in [-0.2, 0) is 4.79 Å². The van der Waals surface area contributed by atoms with Gasteiger partial charge in [0.2, 0.25) is 11.9 Å². The number of amides is 1. The van der Waals surface area contributed by atoms with Crippen LogP contribution in [0.15, 0.2) is 17.3 Å². The Morgan fingerprint density at radius 1 is 1.47 bits per heavy atom. The number of nitrogens with zero attached hydrogens (tertiary/aromatic N) is 2. The second-order valence-corrected chi connectivity index (χ2v) is 4.38. The van der Waals surface area contributed by atoms with E-state index < -0.39 is 0 Å². The highest BCUT2D eigenvalue weighted by Gasteiger charge is 2.03. The number of nitrogens with one attached hydrogen (secondary N) is 2. The predicted octanol–water partition coefficient (Wildman–Crippen LogP) is 1.53. The first-order valence-corrected chi connectivity index (χ1v) is 6.71. The third kappa shape index (κ3) is 5.53. The second kappa shape index (κ2) is 7.89. The molecule has 0 aromatic carbocycles. The van der Waals surface area contributed by atoms with Gasteiger partial charge in [0.1, 0.15) is 5.03 Å². The van der Waals surface area contributed by atoms with Gasteiger partial charge in [-0.2, -0.15) is 0 Å².